The number of benzene rings is 2. The molecule has 1 unspecified atom stereocenters. The minimum absolute atomic E-state index is 0.00489. The molecule has 6 nitrogen and oxygen atoms in total. The minimum atomic E-state index is -3.27. The summed E-state index contributed by atoms with van der Waals surface area (Å²) in [6.45, 7) is 11.9. The van der Waals surface area contributed by atoms with Crippen LogP contribution < -0.4 is 4.72 Å². The molecule has 0 amide bonds. The number of carbonyl (C=O) groups excluding carboxylic acids is 1. The molecule has 1 N–H and O–H groups in total. The predicted octanol–water partition coefficient (Wildman–Crippen LogP) is 5.41. The van der Waals surface area contributed by atoms with Crippen molar-refractivity contribution >= 4 is 15.8 Å². The number of nitrogens with zero attached hydrogens (tertiary/aromatic N) is 1. The van der Waals surface area contributed by atoms with Crippen LogP contribution in [0.5, 0.6) is 0 Å². The van der Waals surface area contributed by atoms with E-state index in [2.05, 4.69) is 85.8 Å². The first-order valence-electron chi connectivity index (χ1n) is 13.4. The third-order valence-corrected chi connectivity index (χ3v) is 8.20. The molecule has 1 atom stereocenters. The highest BCUT2D eigenvalue weighted by Crippen LogP contribution is 2.26. The van der Waals surface area contributed by atoms with Gasteiger partial charge in [-0.2, -0.15) is 0 Å². The van der Waals surface area contributed by atoms with Gasteiger partial charge in [0.15, 0.2) is 0 Å². The first-order chi connectivity index (χ1) is 17.4. The molecule has 2 rings (SSSR count). The Balaban J connectivity index is 1.95. The van der Waals surface area contributed by atoms with Gasteiger partial charge in [-0.05, 0) is 60.8 Å². The molecule has 0 aliphatic heterocycles. The third kappa shape index (κ3) is 11.1. The molecule has 2 aromatic rings. The first kappa shape index (κ1) is 31.2. The number of ether oxygens (including phenoxy) is 1. The van der Waals surface area contributed by atoms with E-state index < -0.39 is 10.0 Å². The summed E-state index contributed by atoms with van der Waals surface area (Å²) in [4.78, 5) is 15.0. The van der Waals surface area contributed by atoms with Crippen LogP contribution >= 0.6 is 0 Å². The molecular formula is C30H46N2O4S. The average Bonchev–Trinajstić information content (AvgIpc) is 2.86. The average molecular weight is 531 g/mol. The maximum atomic E-state index is 12.9. The van der Waals surface area contributed by atoms with Crippen LogP contribution in [0.1, 0.15) is 82.2 Å². The number of hydrogen-bond donors (Lipinski definition) is 1. The van der Waals surface area contributed by atoms with E-state index in [-0.39, 0.29) is 29.5 Å². The normalized spacial score (nSPS) is 13.2. The number of sulfonamides is 1. The molecular weight excluding hydrogens is 484 g/mol. The zero-order valence-electron chi connectivity index (χ0n) is 23.5. The Morgan fingerprint density at radius 2 is 1.62 bits per heavy atom. The summed E-state index contributed by atoms with van der Waals surface area (Å²) in [6.07, 6.45) is 3.26. The van der Waals surface area contributed by atoms with Crippen LogP contribution in [-0.2, 0) is 38.0 Å². The second kappa shape index (κ2) is 14.8. The highest BCUT2D eigenvalue weighted by Gasteiger charge is 2.21. The second-order valence-electron chi connectivity index (χ2n) is 10.8. The van der Waals surface area contributed by atoms with Crippen molar-refractivity contribution in [2.24, 2.45) is 0 Å². The Morgan fingerprint density at radius 1 is 1.00 bits per heavy atom. The van der Waals surface area contributed by atoms with Gasteiger partial charge in [-0.15, -0.1) is 0 Å². The van der Waals surface area contributed by atoms with Crippen molar-refractivity contribution in [2.75, 3.05) is 32.5 Å². The fourth-order valence-electron chi connectivity index (χ4n) is 4.25. The summed E-state index contributed by atoms with van der Waals surface area (Å²) in [6, 6.07) is 17.0. The number of ketones is 1. The predicted molar refractivity (Wildman–Crippen MR) is 152 cm³/mol. The zero-order valence-corrected chi connectivity index (χ0v) is 24.4. The second-order valence-corrected chi connectivity index (χ2v) is 12.9. The highest BCUT2D eigenvalue weighted by atomic mass is 32.2. The molecule has 0 bridgehead atoms. The molecule has 0 aromatic heterocycles. The number of hydrogen-bond acceptors (Lipinski definition) is 5. The molecule has 0 spiro atoms. The molecule has 37 heavy (non-hydrogen) atoms. The smallest absolute Gasteiger partial charge is 0.211 e. The van der Waals surface area contributed by atoms with Gasteiger partial charge in [0.2, 0.25) is 10.0 Å². The number of Topliss-reactive ketones (excluding diaryl/α,β-unsaturated/α-hetero) is 1. The lowest BCUT2D eigenvalue weighted by molar-refractivity contribution is -0.120. The standard InChI is InChI=1S/C30H46N2O4S/c1-7-37(34,35)31-20-21-32(24(2)27-16-18-28(19-17-27)30(3,4)5)22-29(33)11-9-8-10-25-12-14-26(15-13-25)23-36-6/h12-19,24,31H,7-11,20-23H2,1-6H3. The van der Waals surface area contributed by atoms with Gasteiger partial charge in [0.1, 0.15) is 5.78 Å². The fraction of sp³-hybridized carbons (Fsp3) is 0.567. The Hall–Kier alpha value is -2.06. The zero-order chi connectivity index (χ0) is 27.5. The molecule has 2 aromatic carbocycles. The number of aryl methyl sites for hydroxylation is 1. The molecule has 0 fully saturated rings. The largest absolute Gasteiger partial charge is 0.380 e. The van der Waals surface area contributed by atoms with Crippen LogP contribution in [0.3, 0.4) is 0 Å². The van der Waals surface area contributed by atoms with E-state index in [4.69, 9.17) is 4.74 Å². The number of rotatable bonds is 16. The molecule has 0 heterocycles. The molecule has 0 aliphatic carbocycles. The van der Waals surface area contributed by atoms with Crippen LogP contribution in [0.15, 0.2) is 48.5 Å². The lowest BCUT2D eigenvalue weighted by atomic mass is 9.86. The van der Waals surface area contributed by atoms with Gasteiger partial charge in [0, 0.05) is 32.7 Å². The first-order valence-corrected chi connectivity index (χ1v) is 15.0. The third-order valence-electron chi connectivity index (χ3n) is 6.79. The van der Waals surface area contributed by atoms with E-state index in [1.165, 1.54) is 11.1 Å². The molecule has 0 aliphatic rings. The van der Waals surface area contributed by atoms with E-state index in [0.29, 0.717) is 26.1 Å². The summed E-state index contributed by atoms with van der Waals surface area (Å²) >= 11 is 0. The minimum Gasteiger partial charge on any atom is -0.380 e. The van der Waals surface area contributed by atoms with Crippen molar-refractivity contribution in [3.63, 3.8) is 0 Å². The summed E-state index contributed by atoms with van der Waals surface area (Å²) < 4.78 is 31.6. The Labute approximate surface area is 224 Å². The van der Waals surface area contributed by atoms with Crippen molar-refractivity contribution in [3.8, 4) is 0 Å². The van der Waals surface area contributed by atoms with Gasteiger partial charge in [-0.3, -0.25) is 9.69 Å². The number of methoxy groups -OCH3 is 1. The summed E-state index contributed by atoms with van der Waals surface area (Å²) in [5, 5.41) is 0. The van der Waals surface area contributed by atoms with Crippen molar-refractivity contribution in [3.05, 3.63) is 70.8 Å². The van der Waals surface area contributed by atoms with Crippen LogP contribution in [0.2, 0.25) is 0 Å². The SMILES string of the molecule is CCS(=O)(=O)NCCN(CC(=O)CCCCc1ccc(COC)cc1)C(C)c1ccc(C(C)(C)C)cc1. The maximum Gasteiger partial charge on any atom is 0.211 e. The fourth-order valence-corrected chi connectivity index (χ4v) is 4.86. The molecule has 0 saturated heterocycles. The van der Waals surface area contributed by atoms with Crippen molar-refractivity contribution < 1.29 is 17.9 Å². The lowest BCUT2D eigenvalue weighted by Crippen LogP contribution is -2.39. The van der Waals surface area contributed by atoms with Crippen LogP contribution in [0.25, 0.3) is 0 Å². The van der Waals surface area contributed by atoms with E-state index in [9.17, 15) is 13.2 Å². The Bertz CT molecular complexity index is 1060. The molecule has 206 valence electrons. The van der Waals surface area contributed by atoms with Crippen LogP contribution in [0.4, 0.5) is 0 Å². The molecule has 7 heteroatoms. The quantitative estimate of drug-likeness (QED) is 0.294. The van der Waals surface area contributed by atoms with Gasteiger partial charge < -0.3 is 4.74 Å². The van der Waals surface area contributed by atoms with Gasteiger partial charge in [-0.25, -0.2) is 13.1 Å². The van der Waals surface area contributed by atoms with E-state index in [1.807, 2.05) is 0 Å². The van der Waals surface area contributed by atoms with Crippen molar-refractivity contribution in [1.29, 1.82) is 0 Å². The number of nitrogens with one attached hydrogen (secondary N) is 1. The van der Waals surface area contributed by atoms with Crippen molar-refractivity contribution in [2.45, 2.75) is 78.4 Å². The van der Waals surface area contributed by atoms with Crippen LogP contribution in [0, 0.1) is 0 Å². The Morgan fingerprint density at radius 3 is 2.19 bits per heavy atom. The maximum absolute atomic E-state index is 12.9. The van der Waals surface area contributed by atoms with Gasteiger partial charge in [0.05, 0.1) is 18.9 Å². The summed E-state index contributed by atoms with van der Waals surface area (Å²) in [7, 11) is -1.58. The van der Waals surface area contributed by atoms with Gasteiger partial charge >= 0.3 is 0 Å². The summed E-state index contributed by atoms with van der Waals surface area (Å²) in [5.74, 6) is 0.233. The topological polar surface area (TPSA) is 75.7 Å². The van der Waals surface area contributed by atoms with E-state index in [0.717, 1.165) is 30.4 Å². The number of carbonyl (C=O) groups is 1. The Kier molecular flexibility index (Phi) is 12.4. The van der Waals surface area contributed by atoms with Gasteiger partial charge in [-0.1, -0.05) is 69.3 Å². The highest BCUT2D eigenvalue weighted by molar-refractivity contribution is 7.89. The van der Waals surface area contributed by atoms with Crippen LogP contribution in [-0.4, -0.2) is 51.6 Å². The van der Waals surface area contributed by atoms with E-state index in [1.54, 1.807) is 14.0 Å². The molecule has 0 radical (unpaired) electrons. The summed E-state index contributed by atoms with van der Waals surface area (Å²) in [5.41, 5.74) is 4.88. The monoisotopic (exact) mass is 530 g/mol. The molecule has 0 saturated carbocycles. The number of unbranched alkanes of at least 4 members (excludes halogenated alkanes) is 1. The van der Waals surface area contributed by atoms with Crippen molar-refractivity contribution in [1.82, 2.24) is 9.62 Å². The lowest BCUT2D eigenvalue weighted by Gasteiger charge is -2.29. The van der Waals surface area contributed by atoms with E-state index >= 15 is 0 Å². The van der Waals surface area contributed by atoms with Gasteiger partial charge in [0.25, 0.3) is 0 Å².